The van der Waals surface area contributed by atoms with E-state index in [0.717, 1.165) is 56.7 Å². The molecule has 1 saturated heterocycles. The maximum Gasteiger partial charge on any atom is 0.326 e. The van der Waals surface area contributed by atoms with E-state index in [4.69, 9.17) is 23.4 Å². The first-order chi connectivity index (χ1) is 18.6. The van der Waals surface area contributed by atoms with E-state index in [9.17, 15) is 9.59 Å². The summed E-state index contributed by atoms with van der Waals surface area (Å²) >= 11 is 3.59. The largest absolute Gasteiger partial charge is 0.468 e. The number of halogens is 1. The molecule has 1 fully saturated rings. The Bertz CT molecular complexity index is 901. The van der Waals surface area contributed by atoms with Crippen LogP contribution in [0.3, 0.4) is 0 Å². The summed E-state index contributed by atoms with van der Waals surface area (Å²) in [5, 5.41) is 0. The number of alkyl halides is 1. The Balaban J connectivity index is 2.14. The van der Waals surface area contributed by atoms with Crippen molar-refractivity contribution in [3.63, 3.8) is 0 Å². The van der Waals surface area contributed by atoms with Crippen molar-refractivity contribution in [3.8, 4) is 0 Å². The van der Waals surface area contributed by atoms with Gasteiger partial charge in [-0.1, -0.05) is 87.4 Å². The third-order valence-corrected chi connectivity index (χ3v) is 13.7. The molecule has 39 heavy (non-hydrogen) atoms. The van der Waals surface area contributed by atoms with Crippen LogP contribution < -0.4 is 0 Å². The highest BCUT2D eigenvalue weighted by Crippen LogP contribution is 2.68. The standard InChI is InChI=1S/C30H49BrO7Si/c1-8-12-19-39(20-13-9-2,21-14-10-3)37-24-17-18-28(6)30(38-28)25(36-26(22(5)31)35-11-4)16-15-23(32)29(24,30)27(33)34-7/h15-18,22,24-26H,8-14,19-21H2,1-7H3/t22?,24-,25-,26?,28+,29-,30+/m1/s1. The third-order valence-electron chi connectivity index (χ3n) is 8.71. The molecule has 222 valence electrons. The summed E-state index contributed by atoms with van der Waals surface area (Å²) in [5.41, 5.74) is -3.89. The van der Waals surface area contributed by atoms with Gasteiger partial charge in [0, 0.05) is 6.61 Å². The highest BCUT2D eigenvalue weighted by Gasteiger charge is 2.88. The molecule has 7 nitrogen and oxygen atoms in total. The molecule has 1 spiro atoms. The second-order valence-electron chi connectivity index (χ2n) is 11.4. The molecule has 1 heterocycles. The number of carbonyl (C=O) groups is 2. The number of epoxide rings is 1. The lowest BCUT2D eigenvalue weighted by Gasteiger charge is -2.49. The fourth-order valence-corrected chi connectivity index (χ4v) is 11.8. The van der Waals surface area contributed by atoms with Crippen LogP contribution in [-0.2, 0) is 33.0 Å². The summed E-state index contributed by atoms with van der Waals surface area (Å²) in [7, 11) is -1.01. The minimum atomic E-state index is -2.34. The zero-order valence-electron chi connectivity index (χ0n) is 24.9. The van der Waals surface area contributed by atoms with Crippen LogP contribution in [0, 0.1) is 5.41 Å². The molecule has 2 unspecified atom stereocenters. The second-order valence-corrected chi connectivity index (χ2v) is 17.0. The smallest absolute Gasteiger partial charge is 0.326 e. The number of esters is 1. The van der Waals surface area contributed by atoms with Gasteiger partial charge in [0.05, 0.1) is 18.0 Å². The van der Waals surface area contributed by atoms with Gasteiger partial charge in [-0.05, 0) is 51.1 Å². The van der Waals surface area contributed by atoms with Crippen molar-refractivity contribution in [1.29, 1.82) is 0 Å². The van der Waals surface area contributed by atoms with Gasteiger partial charge >= 0.3 is 5.97 Å². The topological polar surface area (TPSA) is 83.6 Å². The first kappa shape index (κ1) is 32.7. The van der Waals surface area contributed by atoms with E-state index >= 15 is 0 Å². The van der Waals surface area contributed by atoms with E-state index < -0.39 is 49.4 Å². The van der Waals surface area contributed by atoms with Crippen molar-refractivity contribution in [3.05, 3.63) is 24.3 Å². The predicted molar refractivity (Wildman–Crippen MR) is 158 cm³/mol. The first-order valence-corrected chi connectivity index (χ1v) is 18.3. The van der Waals surface area contributed by atoms with E-state index in [1.165, 1.54) is 13.2 Å². The molecule has 0 aromatic rings. The molecule has 7 atom stereocenters. The monoisotopic (exact) mass is 628 g/mol. The molecule has 0 amide bonds. The Morgan fingerprint density at radius 3 is 2.13 bits per heavy atom. The zero-order valence-corrected chi connectivity index (χ0v) is 27.5. The molecular formula is C30H49BrO7Si. The van der Waals surface area contributed by atoms with Gasteiger partial charge < -0.3 is 23.4 Å². The number of allylic oxidation sites excluding steroid dienone is 1. The molecule has 3 rings (SSSR count). The minimum Gasteiger partial charge on any atom is -0.468 e. The third kappa shape index (κ3) is 5.78. The number of unbranched alkanes of at least 4 members (excludes halogenated alkanes) is 3. The Kier molecular flexibility index (Phi) is 11.2. The molecule has 0 N–H and O–H groups in total. The number of hydrogen-bond donors (Lipinski definition) is 0. The molecule has 9 heteroatoms. The van der Waals surface area contributed by atoms with Gasteiger partial charge in [-0.2, -0.15) is 0 Å². The van der Waals surface area contributed by atoms with Crippen LogP contribution in [-0.4, -0.2) is 68.3 Å². The number of methoxy groups -OCH3 is 1. The van der Waals surface area contributed by atoms with Gasteiger partial charge in [-0.3, -0.25) is 9.59 Å². The maximum atomic E-state index is 14.1. The molecule has 0 aromatic carbocycles. The number of hydrogen-bond acceptors (Lipinski definition) is 7. The van der Waals surface area contributed by atoms with E-state index in [1.807, 2.05) is 32.9 Å². The Morgan fingerprint density at radius 1 is 1.05 bits per heavy atom. The highest BCUT2D eigenvalue weighted by molar-refractivity contribution is 9.09. The zero-order chi connectivity index (χ0) is 28.9. The van der Waals surface area contributed by atoms with Crippen LogP contribution in [0.15, 0.2) is 24.3 Å². The molecule has 0 saturated carbocycles. The van der Waals surface area contributed by atoms with Crippen LogP contribution in [0.4, 0.5) is 0 Å². The highest BCUT2D eigenvalue weighted by atomic mass is 79.9. The van der Waals surface area contributed by atoms with Gasteiger partial charge in [0.1, 0.15) is 11.7 Å². The lowest BCUT2D eigenvalue weighted by Crippen LogP contribution is -2.69. The number of ketones is 1. The normalized spacial score (nSPS) is 32.9. The Morgan fingerprint density at radius 2 is 1.64 bits per heavy atom. The van der Waals surface area contributed by atoms with E-state index in [1.54, 1.807) is 6.08 Å². The number of carbonyl (C=O) groups excluding carboxylic acids is 2. The van der Waals surface area contributed by atoms with E-state index in [0.29, 0.717) is 6.61 Å². The van der Waals surface area contributed by atoms with Crippen LogP contribution in [0.1, 0.15) is 80.1 Å². The maximum absolute atomic E-state index is 14.1. The van der Waals surface area contributed by atoms with Crippen molar-refractivity contribution < 1.29 is 33.0 Å². The van der Waals surface area contributed by atoms with Crippen molar-refractivity contribution in [1.82, 2.24) is 0 Å². The quantitative estimate of drug-likeness (QED) is 0.0339. The molecule has 0 bridgehead atoms. The molecule has 2 aliphatic carbocycles. The van der Waals surface area contributed by atoms with Crippen molar-refractivity contribution in [2.45, 2.75) is 133 Å². The van der Waals surface area contributed by atoms with Crippen molar-refractivity contribution in [2.75, 3.05) is 13.7 Å². The summed E-state index contributed by atoms with van der Waals surface area (Å²) in [4.78, 5) is 28.0. The summed E-state index contributed by atoms with van der Waals surface area (Å²) < 4.78 is 31.5. The fourth-order valence-electron chi connectivity index (χ4n) is 6.60. The Labute approximate surface area is 244 Å². The first-order valence-electron chi connectivity index (χ1n) is 14.9. The lowest BCUT2D eigenvalue weighted by molar-refractivity contribution is -0.199. The minimum absolute atomic E-state index is 0.124. The summed E-state index contributed by atoms with van der Waals surface area (Å²) in [6.45, 7) is 12.8. The molecule has 0 radical (unpaired) electrons. The summed E-state index contributed by atoms with van der Waals surface area (Å²) in [6, 6.07) is 3.02. The predicted octanol–water partition coefficient (Wildman–Crippen LogP) is 6.64. The SMILES string of the molecule is CCCC[Si](CCCC)(CCCC)O[C@@H]1C=C[C@]2(C)O[C@@]23[C@H](OC(OCC)C(C)Br)C=CC(=O)[C@]13C(=O)OC. The molecule has 1 aliphatic heterocycles. The second kappa shape index (κ2) is 13.4. The van der Waals surface area contributed by atoms with Crippen molar-refractivity contribution >= 4 is 36.0 Å². The average Bonchev–Trinajstić information content (AvgIpc) is 3.56. The van der Waals surface area contributed by atoms with Crippen LogP contribution >= 0.6 is 15.9 Å². The van der Waals surface area contributed by atoms with Crippen LogP contribution in [0.25, 0.3) is 0 Å². The van der Waals surface area contributed by atoms with Gasteiger partial charge in [0.2, 0.25) is 0 Å². The number of ether oxygens (including phenoxy) is 4. The van der Waals surface area contributed by atoms with E-state index in [-0.39, 0.29) is 10.6 Å². The van der Waals surface area contributed by atoms with Gasteiger partial charge in [0.25, 0.3) is 0 Å². The summed E-state index contributed by atoms with van der Waals surface area (Å²) in [6.07, 6.45) is 11.3. The Hall–Kier alpha value is -0.843. The van der Waals surface area contributed by atoms with E-state index in [2.05, 4.69) is 36.7 Å². The molecular weight excluding hydrogens is 580 g/mol. The molecule has 0 aromatic heterocycles. The molecule has 3 aliphatic rings. The van der Waals surface area contributed by atoms with Crippen LogP contribution in [0.5, 0.6) is 0 Å². The van der Waals surface area contributed by atoms with Gasteiger partial charge in [0.15, 0.2) is 31.4 Å². The van der Waals surface area contributed by atoms with Gasteiger partial charge in [-0.25, -0.2) is 0 Å². The summed E-state index contributed by atoms with van der Waals surface area (Å²) in [5.74, 6) is -0.982. The lowest BCUT2D eigenvalue weighted by atomic mass is 9.56. The fraction of sp³-hybridized carbons (Fsp3) is 0.800. The van der Waals surface area contributed by atoms with Crippen LogP contribution in [0.2, 0.25) is 18.1 Å². The van der Waals surface area contributed by atoms with Gasteiger partial charge in [-0.15, -0.1) is 0 Å². The van der Waals surface area contributed by atoms with Crippen molar-refractivity contribution in [2.24, 2.45) is 5.41 Å². The average molecular weight is 630 g/mol. The number of rotatable bonds is 17.